The van der Waals surface area contributed by atoms with Crippen LogP contribution in [0.4, 0.5) is 0 Å². The zero-order chi connectivity index (χ0) is 20.4. The first-order valence-electron chi connectivity index (χ1n) is 9.45. The SMILES string of the molecule is CCCCN(C)C(=O)c1ccc(C(=O)NCCOc2ccc(OC)cc2)cc1. The summed E-state index contributed by atoms with van der Waals surface area (Å²) in [4.78, 5) is 26.2. The van der Waals surface area contributed by atoms with Crippen molar-refractivity contribution in [2.45, 2.75) is 19.8 Å². The second-order valence-corrected chi connectivity index (χ2v) is 6.44. The van der Waals surface area contributed by atoms with Crippen molar-refractivity contribution in [2.24, 2.45) is 0 Å². The van der Waals surface area contributed by atoms with E-state index in [4.69, 9.17) is 9.47 Å². The van der Waals surface area contributed by atoms with E-state index < -0.39 is 0 Å². The molecule has 0 unspecified atom stereocenters. The summed E-state index contributed by atoms with van der Waals surface area (Å²) < 4.78 is 10.7. The van der Waals surface area contributed by atoms with Crippen LogP contribution in [0.3, 0.4) is 0 Å². The highest BCUT2D eigenvalue weighted by molar-refractivity contribution is 5.97. The van der Waals surface area contributed by atoms with Gasteiger partial charge in [-0.05, 0) is 55.0 Å². The number of nitrogens with zero attached hydrogens (tertiary/aromatic N) is 1. The maximum atomic E-state index is 12.3. The summed E-state index contributed by atoms with van der Waals surface area (Å²) in [5, 5.41) is 2.81. The lowest BCUT2D eigenvalue weighted by molar-refractivity contribution is 0.0792. The topological polar surface area (TPSA) is 67.9 Å². The average Bonchev–Trinajstić information content (AvgIpc) is 2.74. The number of unbranched alkanes of at least 4 members (excludes halogenated alkanes) is 1. The molecule has 0 atom stereocenters. The van der Waals surface area contributed by atoms with Crippen molar-refractivity contribution in [1.29, 1.82) is 0 Å². The lowest BCUT2D eigenvalue weighted by atomic mass is 10.1. The molecular formula is C22H28N2O4. The largest absolute Gasteiger partial charge is 0.497 e. The molecule has 0 heterocycles. The Bertz CT molecular complexity index is 757. The molecule has 2 aromatic rings. The quantitative estimate of drug-likeness (QED) is 0.638. The molecule has 0 aliphatic rings. The second kappa shape index (κ2) is 11.0. The number of ether oxygens (including phenoxy) is 2. The van der Waals surface area contributed by atoms with Crippen molar-refractivity contribution in [2.75, 3.05) is 33.9 Å². The van der Waals surface area contributed by atoms with Crippen LogP contribution >= 0.6 is 0 Å². The van der Waals surface area contributed by atoms with E-state index in [1.165, 1.54) is 0 Å². The molecule has 1 N–H and O–H groups in total. The van der Waals surface area contributed by atoms with Crippen LogP contribution in [0.1, 0.15) is 40.5 Å². The van der Waals surface area contributed by atoms with Crippen molar-refractivity contribution in [3.63, 3.8) is 0 Å². The number of hydrogen-bond acceptors (Lipinski definition) is 4. The fourth-order valence-electron chi connectivity index (χ4n) is 2.59. The first-order chi connectivity index (χ1) is 13.5. The fourth-order valence-corrected chi connectivity index (χ4v) is 2.59. The van der Waals surface area contributed by atoms with E-state index in [0.29, 0.717) is 30.0 Å². The molecule has 2 rings (SSSR count). The minimum absolute atomic E-state index is 0.0340. The summed E-state index contributed by atoms with van der Waals surface area (Å²) in [5.74, 6) is 1.24. The van der Waals surface area contributed by atoms with Gasteiger partial charge in [0.15, 0.2) is 0 Å². The number of methoxy groups -OCH3 is 1. The normalized spacial score (nSPS) is 10.2. The van der Waals surface area contributed by atoms with Gasteiger partial charge in [0, 0.05) is 24.7 Å². The Morgan fingerprint density at radius 2 is 1.57 bits per heavy atom. The monoisotopic (exact) mass is 384 g/mol. The summed E-state index contributed by atoms with van der Waals surface area (Å²) in [6, 6.07) is 14.0. The summed E-state index contributed by atoms with van der Waals surface area (Å²) in [7, 11) is 3.40. The minimum atomic E-state index is -0.198. The summed E-state index contributed by atoms with van der Waals surface area (Å²) in [5.41, 5.74) is 1.09. The maximum absolute atomic E-state index is 12.3. The van der Waals surface area contributed by atoms with Gasteiger partial charge in [0.2, 0.25) is 0 Å². The van der Waals surface area contributed by atoms with Crippen LogP contribution in [0, 0.1) is 0 Å². The standard InChI is InChI=1S/C22H28N2O4/c1-4-5-15-24(2)22(26)18-8-6-17(7-9-18)21(25)23-14-16-28-20-12-10-19(27-3)11-13-20/h6-13H,4-5,14-16H2,1-3H3,(H,23,25). The van der Waals surface area contributed by atoms with E-state index in [1.807, 2.05) is 24.3 Å². The average molecular weight is 384 g/mol. The number of nitrogens with one attached hydrogen (secondary N) is 1. The summed E-state index contributed by atoms with van der Waals surface area (Å²) in [6.07, 6.45) is 2.01. The third-order valence-electron chi connectivity index (χ3n) is 4.30. The Morgan fingerprint density at radius 3 is 2.18 bits per heavy atom. The van der Waals surface area contributed by atoms with E-state index in [0.717, 1.165) is 25.1 Å². The number of hydrogen-bond donors (Lipinski definition) is 1. The van der Waals surface area contributed by atoms with Crippen LogP contribution < -0.4 is 14.8 Å². The highest BCUT2D eigenvalue weighted by Gasteiger charge is 2.12. The molecule has 6 nitrogen and oxygen atoms in total. The van der Waals surface area contributed by atoms with E-state index in [1.54, 1.807) is 43.3 Å². The Labute approximate surface area is 166 Å². The first kappa shape index (κ1) is 21.3. The van der Waals surface area contributed by atoms with Gasteiger partial charge in [0.1, 0.15) is 18.1 Å². The minimum Gasteiger partial charge on any atom is -0.497 e. The van der Waals surface area contributed by atoms with Crippen LogP contribution in [-0.4, -0.2) is 50.6 Å². The molecule has 0 radical (unpaired) electrons. The highest BCUT2D eigenvalue weighted by Crippen LogP contribution is 2.16. The Morgan fingerprint density at radius 1 is 0.964 bits per heavy atom. The van der Waals surface area contributed by atoms with Gasteiger partial charge >= 0.3 is 0 Å². The van der Waals surface area contributed by atoms with Gasteiger partial charge in [-0.25, -0.2) is 0 Å². The van der Waals surface area contributed by atoms with Crippen LogP contribution in [0.5, 0.6) is 11.5 Å². The smallest absolute Gasteiger partial charge is 0.253 e. The molecule has 0 aromatic heterocycles. The summed E-state index contributed by atoms with van der Waals surface area (Å²) >= 11 is 0. The molecule has 150 valence electrons. The number of carbonyl (C=O) groups is 2. The molecule has 0 saturated carbocycles. The molecule has 0 aliphatic carbocycles. The van der Waals surface area contributed by atoms with E-state index in [-0.39, 0.29) is 11.8 Å². The number of rotatable bonds is 10. The van der Waals surface area contributed by atoms with Crippen molar-refractivity contribution in [3.05, 3.63) is 59.7 Å². The van der Waals surface area contributed by atoms with Gasteiger partial charge in [-0.2, -0.15) is 0 Å². The molecule has 0 aliphatic heterocycles. The predicted molar refractivity (Wildman–Crippen MR) is 109 cm³/mol. The van der Waals surface area contributed by atoms with E-state index in [9.17, 15) is 9.59 Å². The van der Waals surface area contributed by atoms with Crippen molar-refractivity contribution >= 4 is 11.8 Å². The van der Waals surface area contributed by atoms with Gasteiger partial charge in [-0.3, -0.25) is 9.59 Å². The lowest BCUT2D eigenvalue weighted by Crippen LogP contribution is -2.29. The third kappa shape index (κ3) is 6.30. The van der Waals surface area contributed by atoms with Crippen LogP contribution in [0.15, 0.2) is 48.5 Å². The molecule has 0 bridgehead atoms. The van der Waals surface area contributed by atoms with Crippen LogP contribution in [-0.2, 0) is 0 Å². The number of benzene rings is 2. The van der Waals surface area contributed by atoms with Crippen molar-refractivity contribution in [3.8, 4) is 11.5 Å². The molecule has 6 heteroatoms. The Hall–Kier alpha value is -3.02. The van der Waals surface area contributed by atoms with Gasteiger partial charge < -0.3 is 19.7 Å². The van der Waals surface area contributed by atoms with Gasteiger partial charge in [-0.15, -0.1) is 0 Å². The zero-order valence-electron chi connectivity index (χ0n) is 16.7. The fraction of sp³-hybridized carbons (Fsp3) is 0.364. The van der Waals surface area contributed by atoms with Gasteiger partial charge in [0.25, 0.3) is 11.8 Å². The summed E-state index contributed by atoms with van der Waals surface area (Å²) in [6.45, 7) is 3.56. The maximum Gasteiger partial charge on any atom is 0.253 e. The van der Waals surface area contributed by atoms with Gasteiger partial charge in [-0.1, -0.05) is 13.3 Å². The van der Waals surface area contributed by atoms with Crippen LogP contribution in [0.25, 0.3) is 0 Å². The first-order valence-corrected chi connectivity index (χ1v) is 9.45. The van der Waals surface area contributed by atoms with E-state index >= 15 is 0 Å². The highest BCUT2D eigenvalue weighted by atomic mass is 16.5. The molecule has 0 spiro atoms. The van der Waals surface area contributed by atoms with Crippen molar-refractivity contribution in [1.82, 2.24) is 10.2 Å². The Balaban J connectivity index is 1.78. The molecule has 2 amide bonds. The van der Waals surface area contributed by atoms with Gasteiger partial charge in [0.05, 0.1) is 13.7 Å². The lowest BCUT2D eigenvalue weighted by Gasteiger charge is -2.16. The Kier molecular flexibility index (Phi) is 8.34. The molecule has 28 heavy (non-hydrogen) atoms. The van der Waals surface area contributed by atoms with Crippen LogP contribution in [0.2, 0.25) is 0 Å². The molecule has 0 saturated heterocycles. The van der Waals surface area contributed by atoms with E-state index in [2.05, 4.69) is 12.2 Å². The second-order valence-electron chi connectivity index (χ2n) is 6.44. The molecule has 0 fully saturated rings. The number of amides is 2. The third-order valence-corrected chi connectivity index (χ3v) is 4.30. The predicted octanol–water partition coefficient (Wildman–Crippen LogP) is 3.38. The zero-order valence-corrected chi connectivity index (χ0v) is 16.7. The van der Waals surface area contributed by atoms with Crippen molar-refractivity contribution < 1.29 is 19.1 Å². The molecule has 2 aromatic carbocycles. The number of carbonyl (C=O) groups excluding carboxylic acids is 2. The molecular weight excluding hydrogens is 356 g/mol.